The third kappa shape index (κ3) is 10.3. The monoisotopic (exact) mass is 297 g/mol. The highest BCUT2D eigenvalue weighted by Gasteiger charge is 1.95. The molecule has 6 N–H and O–H groups in total. The Kier molecular flexibility index (Phi) is 8.10. The third-order valence-corrected chi connectivity index (χ3v) is 1.86. The Bertz CT molecular complexity index is 510. The van der Waals surface area contributed by atoms with E-state index in [1.807, 2.05) is 12.1 Å². The molecule has 0 aromatic heterocycles. The van der Waals surface area contributed by atoms with Crippen LogP contribution in [0.5, 0.6) is 5.75 Å². The van der Waals surface area contributed by atoms with Crippen molar-refractivity contribution in [3.05, 3.63) is 46.0 Å². The second kappa shape index (κ2) is 9.61. The zero-order valence-corrected chi connectivity index (χ0v) is 11.1. The summed E-state index contributed by atoms with van der Waals surface area (Å²) in [7, 11) is 1.59. The maximum Gasteiger partial charge on any atom is 0.291 e. The van der Waals surface area contributed by atoms with Crippen LogP contribution < -0.4 is 21.3 Å². The van der Waals surface area contributed by atoms with E-state index in [2.05, 4.69) is 10.9 Å². The second-order valence-corrected chi connectivity index (χ2v) is 3.37. The Morgan fingerprint density at radius 3 is 2.38 bits per heavy atom. The summed E-state index contributed by atoms with van der Waals surface area (Å²) in [5, 5.41) is 20.5. The molecular formula is C11H15N5O5. The molecule has 0 saturated carbocycles. The number of hydrogen-bond acceptors (Lipinski definition) is 5. The van der Waals surface area contributed by atoms with E-state index < -0.39 is 11.0 Å². The molecule has 10 heteroatoms. The Labute approximate surface area is 119 Å². The minimum absolute atomic E-state index is 0.323. The molecule has 1 rings (SSSR count). The van der Waals surface area contributed by atoms with Crippen molar-refractivity contribution >= 4 is 17.9 Å². The summed E-state index contributed by atoms with van der Waals surface area (Å²) in [5.74, 6) is 0.0389. The lowest BCUT2D eigenvalue weighted by Crippen LogP contribution is -2.44. The highest BCUT2D eigenvalue weighted by Crippen LogP contribution is 2.11. The molecule has 0 radical (unpaired) electrons. The highest BCUT2D eigenvalue weighted by molar-refractivity contribution is 5.92. The highest BCUT2D eigenvalue weighted by atomic mass is 16.9. The standard InChI is InChI=1S/C11H14N4O2.HNO3/c1-17-9-5-2-8(3-6-9)4-7-10(16)14-15-11(12)13;2-1(3)4/h2-7H,1H3,(H,14,16)(H4,12,13,15);(H,2,3,4)/b7-4+;. The molecule has 0 fully saturated rings. The fourth-order valence-corrected chi connectivity index (χ4v) is 1.06. The van der Waals surface area contributed by atoms with Gasteiger partial charge in [-0.2, -0.15) is 0 Å². The molecule has 1 amide bonds. The van der Waals surface area contributed by atoms with Crippen molar-refractivity contribution in [3.8, 4) is 5.75 Å². The Morgan fingerprint density at radius 1 is 1.43 bits per heavy atom. The zero-order valence-electron chi connectivity index (χ0n) is 11.1. The number of nitrogens with one attached hydrogen (secondary N) is 3. The largest absolute Gasteiger partial charge is 0.497 e. The first-order valence-electron chi connectivity index (χ1n) is 5.40. The van der Waals surface area contributed by atoms with Gasteiger partial charge in [-0.15, -0.1) is 10.1 Å². The van der Waals surface area contributed by atoms with Gasteiger partial charge >= 0.3 is 0 Å². The lowest BCUT2D eigenvalue weighted by Gasteiger charge is -2.02. The number of hydrogen-bond donors (Lipinski definition) is 5. The van der Waals surface area contributed by atoms with Crippen LogP contribution in [0.4, 0.5) is 0 Å². The molecule has 0 aliphatic heterocycles. The van der Waals surface area contributed by atoms with Gasteiger partial charge in [0.25, 0.3) is 11.0 Å². The average molecular weight is 297 g/mol. The summed E-state index contributed by atoms with van der Waals surface area (Å²) < 4.78 is 5.01. The fourth-order valence-electron chi connectivity index (χ4n) is 1.06. The first-order valence-corrected chi connectivity index (χ1v) is 5.40. The van der Waals surface area contributed by atoms with E-state index in [1.54, 1.807) is 25.3 Å². The van der Waals surface area contributed by atoms with Gasteiger partial charge < -0.3 is 15.7 Å². The molecule has 10 nitrogen and oxygen atoms in total. The number of amides is 1. The Morgan fingerprint density at radius 2 is 1.95 bits per heavy atom. The van der Waals surface area contributed by atoms with Crippen molar-refractivity contribution in [2.75, 3.05) is 7.11 Å². The Balaban J connectivity index is 0.000000885. The van der Waals surface area contributed by atoms with E-state index in [0.29, 0.717) is 0 Å². The minimum atomic E-state index is -1.50. The van der Waals surface area contributed by atoms with Crippen LogP contribution in [-0.2, 0) is 4.79 Å². The van der Waals surface area contributed by atoms with Crippen molar-refractivity contribution in [3.63, 3.8) is 0 Å². The van der Waals surface area contributed by atoms with Gasteiger partial charge in [0.2, 0.25) is 5.96 Å². The maximum atomic E-state index is 11.2. The average Bonchev–Trinajstić information content (AvgIpc) is 2.42. The molecule has 0 atom stereocenters. The number of nitrogens with zero attached hydrogens (tertiary/aromatic N) is 1. The van der Waals surface area contributed by atoms with E-state index >= 15 is 0 Å². The lowest BCUT2D eigenvalue weighted by atomic mass is 10.2. The van der Waals surface area contributed by atoms with Gasteiger partial charge in [0.05, 0.1) is 7.11 Å². The van der Waals surface area contributed by atoms with E-state index in [1.165, 1.54) is 6.08 Å². The lowest BCUT2D eigenvalue weighted by molar-refractivity contribution is -0.742. The van der Waals surface area contributed by atoms with Gasteiger partial charge in [-0.3, -0.25) is 21.1 Å². The van der Waals surface area contributed by atoms with Gasteiger partial charge in [-0.25, -0.2) is 0 Å². The van der Waals surface area contributed by atoms with Crippen LogP contribution in [0.15, 0.2) is 30.3 Å². The normalized spacial score (nSPS) is 9.19. The van der Waals surface area contributed by atoms with Crippen LogP contribution in [0.25, 0.3) is 6.08 Å². The van der Waals surface area contributed by atoms with Gasteiger partial charge in [0.15, 0.2) is 0 Å². The number of carbonyl (C=O) groups is 1. The quantitative estimate of drug-likeness (QED) is 0.170. The number of methoxy groups -OCH3 is 1. The van der Waals surface area contributed by atoms with E-state index in [9.17, 15) is 4.79 Å². The van der Waals surface area contributed by atoms with E-state index in [4.69, 9.17) is 31.2 Å². The molecule has 0 aliphatic rings. The predicted octanol–water partition coefficient (Wildman–Crippen LogP) is -0.125. The van der Waals surface area contributed by atoms with Crippen molar-refractivity contribution in [2.45, 2.75) is 0 Å². The third-order valence-electron chi connectivity index (χ3n) is 1.86. The molecule has 0 saturated heterocycles. The second-order valence-electron chi connectivity index (χ2n) is 3.37. The van der Waals surface area contributed by atoms with Crippen molar-refractivity contribution in [2.24, 2.45) is 5.73 Å². The molecular weight excluding hydrogens is 282 g/mol. The molecule has 0 aliphatic carbocycles. The SMILES string of the molecule is COc1ccc(/C=C/C(=O)NNC(=N)N)cc1.O=[N+]([O-])O. The Hall–Kier alpha value is -3.30. The van der Waals surface area contributed by atoms with Gasteiger partial charge in [0, 0.05) is 6.08 Å². The molecule has 1 aromatic carbocycles. The molecule has 0 bridgehead atoms. The van der Waals surface area contributed by atoms with Gasteiger partial charge in [0.1, 0.15) is 5.75 Å². The van der Waals surface area contributed by atoms with Crippen LogP contribution in [0, 0.1) is 15.5 Å². The fraction of sp³-hybridized carbons (Fsp3) is 0.0909. The van der Waals surface area contributed by atoms with Crippen molar-refractivity contribution < 1.29 is 19.8 Å². The van der Waals surface area contributed by atoms with E-state index in [0.717, 1.165) is 11.3 Å². The number of rotatable bonds is 3. The van der Waals surface area contributed by atoms with Gasteiger partial charge in [-0.05, 0) is 23.8 Å². The van der Waals surface area contributed by atoms with Crippen molar-refractivity contribution in [1.29, 1.82) is 5.41 Å². The summed E-state index contributed by atoms with van der Waals surface area (Å²) in [5.41, 5.74) is 10.3. The molecule has 21 heavy (non-hydrogen) atoms. The number of ether oxygens (including phenoxy) is 1. The minimum Gasteiger partial charge on any atom is -0.497 e. The molecule has 0 heterocycles. The molecule has 0 spiro atoms. The van der Waals surface area contributed by atoms with E-state index in [-0.39, 0.29) is 5.96 Å². The van der Waals surface area contributed by atoms with Crippen LogP contribution >= 0.6 is 0 Å². The van der Waals surface area contributed by atoms with Crippen LogP contribution in [-0.4, -0.2) is 29.3 Å². The van der Waals surface area contributed by atoms with Crippen LogP contribution in [0.2, 0.25) is 0 Å². The number of nitrogens with two attached hydrogens (primary N) is 1. The summed E-state index contributed by atoms with van der Waals surface area (Å²) in [6.07, 6.45) is 2.97. The topological polar surface area (TPSA) is 164 Å². The summed E-state index contributed by atoms with van der Waals surface area (Å²) in [6, 6.07) is 7.23. The van der Waals surface area contributed by atoms with Gasteiger partial charge in [-0.1, -0.05) is 12.1 Å². The molecule has 0 unspecified atom stereocenters. The smallest absolute Gasteiger partial charge is 0.291 e. The summed E-state index contributed by atoms with van der Waals surface area (Å²) in [6.45, 7) is 0. The maximum absolute atomic E-state index is 11.2. The van der Waals surface area contributed by atoms with Crippen molar-refractivity contribution in [1.82, 2.24) is 10.9 Å². The first-order chi connectivity index (χ1) is 9.85. The zero-order chi connectivity index (χ0) is 16.3. The van der Waals surface area contributed by atoms with Crippen LogP contribution in [0.1, 0.15) is 5.56 Å². The summed E-state index contributed by atoms with van der Waals surface area (Å²) in [4.78, 5) is 19.6. The number of guanidine groups is 1. The predicted molar refractivity (Wildman–Crippen MR) is 74.0 cm³/mol. The molecule has 1 aromatic rings. The number of carbonyl (C=O) groups excluding carboxylic acids is 1. The number of benzene rings is 1. The summed E-state index contributed by atoms with van der Waals surface area (Å²) >= 11 is 0. The first kappa shape index (κ1) is 17.7. The van der Waals surface area contributed by atoms with Crippen LogP contribution in [0.3, 0.4) is 0 Å². The number of hydrazine groups is 1. The molecule has 114 valence electrons.